The monoisotopic (exact) mass is 266 g/mol. The summed E-state index contributed by atoms with van der Waals surface area (Å²) < 4.78 is 12.8. The molecular formula is C16H27OP. The van der Waals surface area contributed by atoms with E-state index in [4.69, 9.17) is 0 Å². The van der Waals surface area contributed by atoms with Gasteiger partial charge in [0.25, 0.3) is 0 Å². The van der Waals surface area contributed by atoms with Gasteiger partial charge in [-0.25, -0.2) is 0 Å². The molecule has 0 atom stereocenters. The van der Waals surface area contributed by atoms with Crippen LogP contribution in [0.25, 0.3) is 0 Å². The zero-order valence-corrected chi connectivity index (χ0v) is 13.6. The van der Waals surface area contributed by atoms with E-state index < -0.39 is 7.14 Å². The molecule has 0 aromatic heterocycles. The number of hydrogen-bond donors (Lipinski definition) is 0. The van der Waals surface area contributed by atoms with Gasteiger partial charge in [0.05, 0.1) is 0 Å². The van der Waals surface area contributed by atoms with Crippen LogP contribution in [0.3, 0.4) is 0 Å². The Labute approximate surface area is 112 Å². The Balaban J connectivity index is 3.34. The second kappa shape index (κ2) is 5.61. The van der Waals surface area contributed by atoms with Gasteiger partial charge in [0.1, 0.15) is 7.14 Å². The lowest BCUT2D eigenvalue weighted by molar-refractivity contribution is 0.580. The molecule has 0 aliphatic heterocycles. The van der Waals surface area contributed by atoms with E-state index >= 15 is 0 Å². The number of aryl methyl sites for hydroxylation is 1. The quantitative estimate of drug-likeness (QED) is 0.729. The molecule has 1 rings (SSSR count). The van der Waals surface area contributed by atoms with Gasteiger partial charge >= 0.3 is 0 Å². The van der Waals surface area contributed by atoms with Gasteiger partial charge in [0.2, 0.25) is 0 Å². The second-order valence-electron chi connectivity index (χ2n) is 5.97. The van der Waals surface area contributed by atoms with Gasteiger partial charge in [-0.05, 0) is 29.0 Å². The lowest BCUT2D eigenvalue weighted by atomic mass is 9.83. The van der Waals surface area contributed by atoms with Crippen LogP contribution in [0.5, 0.6) is 0 Å². The third-order valence-corrected chi connectivity index (χ3v) is 7.03. The van der Waals surface area contributed by atoms with Gasteiger partial charge in [-0.3, -0.25) is 0 Å². The minimum Gasteiger partial charge on any atom is -0.319 e. The minimum absolute atomic E-state index is 0.159. The first kappa shape index (κ1) is 15.5. The lowest BCUT2D eigenvalue weighted by Crippen LogP contribution is -2.18. The predicted molar refractivity (Wildman–Crippen MR) is 82.8 cm³/mol. The van der Waals surface area contributed by atoms with Crippen molar-refractivity contribution in [3.05, 3.63) is 29.3 Å². The second-order valence-corrected chi connectivity index (χ2v) is 9.53. The lowest BCUT2D eigenvalue weighted by Gasteiger charge is -2.24. The minimum atomic E-state index is -2.15. The fourth-order valence-electron chi connectivity index (χ4n) is 2.45. The van der Waals surface area contributed by atoms with Crippen LogP contribution in [0.2, 0.25) is 0 Å². The van der Waals surface area contributed by atoms with Crippen molar-refractivity contribution in [3.63, 3.8) is 0 Å². The summed E-state index contributed by atoms with van der Waals surface area (Å²) in [5.74, 6) is 0. The summed E-state index contributed by atoms with van der Waals surface area (Å²) >= 11 is 0. The SMILES string of the molecule is CCc1cc(P(=O)(CC)CC)ccc1C(C)(C)C. The molecule has 1 nitrogen and oxygen atoms in total. The van der Waals surface area contributed by atoms with Gasteiger partial charge in [-0.1, -0.05) is 53.7 Å². The Morgan fingerprint density at radius 1 is 1.06 bits per heavy atom. The van der Waals surface area contributed by atoms with Gasteiger partial charge in [-0.2, -0.15) is 0 Å². The Morgan fingerprint density at radius 3 is 2.00 bits per heavy atom. The van der Waals surface area contributed by atoms with Crippen LogP contribution in [-0.2, 0) is 16.4 Å². The molecule has 0 N–H and O–H groups in total. The van der Waals surface area contributed by atoms with E-state index in [1.807, 2.05) is 13.8 Å². The summed E-state index contributed by atoms with van der Waals surface area (Å²) in [5, 5.41) is 1.07. The zero-order chi connectivity index (χ0) is 14.0. The zero-order valence-electron chi connectivity index (χ0n) is 12.7. The Hall–Kier alpha value is -0.550. The predicted octanol–water partition coefficient (Wildman–Crippen LogP) is 4.57. The molecule has 0 saturated heterocycles. The Kier molecular flexibility index (Phi) is 4.84. The van der Waals surface area contributed by atoms with Crippen LogP contribution in [0, 0.1) is 0 Å². The topological polar surface area (TPSA) is 17.1 Å². The molecule has 0 heterocycles. The van der Waals surface area contributed by atoms with Gasteiger partial charge in [0, 0.05) is 17.6 Å². The fourth-order valence-corrected chi connectivity index (χ4v) is 4.36. The van der Waals surface area contributed by atoms with E-state index in [1.54, 1.807) is 0 Å². The van der Waals surface area contributed by atoms with Crippen molar-refractivity contribution in [2.24, 2.45) is 0 Å². The molecule has 0 unspecified atom stereocenters. The molecule has 0 fully saturated rings. The largest absolute Gasteiger partial charge is 0.319 e. The summed E-state index contributed by atoms with van der Waals surface area (Å²) in [4.78, 5) is 0. The molecular weight excluding hydrogens is 239 g/mol. The fraction of sp³-hybridized carbons (Fsp3) is 0.625. The maximum absolute atomic E-state index is 12.8. The molecule has 102 valence electrons. The smallest absolute Gasteiger partial charge is 0.115 e. The van der Waals surface area contributed by atoms with Crippen molar-refractivity contribution < 1.29 is 4.57 Å². The average Bonchev–Trinajstić information content (AvgIpc) is 2.35. The molecule has 18 heavy (non-hydrogen) atoms. The van der Waals surface area contributed by atoms with Crippen molar-refractivity contribution in [1.29, 1.82) is 0 Å². The summed E-state index contributed by atoms with van der Waals surface area (Å²) in [6.07, 6.45) is 2.54. The van der Waals surface area contributed by atoms with E-state index in [0.717, 1.165) is 24.0 Å². The first-order chi connectivity index (χ1) is 8.28. The highest BCUT2D eigenvalue weighted by Gasteiger charge is 2.23. The highest BCUT2D eigenvalue weighted by atomic mass is 31.2. The number of rotatable bonds is 4. The molecule has 0 amide bonds. The number of benzene rings is 1. The van der Waals surface area contributed by atoms with E-state index in [-0.39, 0.29) is 5.41 Å². The molecule has 1 aromatic carbocycles. The summed E-state index contributed by atoms with van der Waals surface area (Å²) in [7, 11) is -2.15. The summed E-state index contributed by atoms with van der Waals surface area (Å²) in [5.41, 5.74) is 2.89. The van der Waals surface area contributed by atoms with Crippen LogP contribution in [0.15, 0.2) is 18.2 Å². The summed E-state index contributed by atoms with van der Waals surface area (Å²) in [6.45, 7) is 13.0. The molecule has 2 heteroatoms. The van der Waals surface area contributed by atoms with Crippen molar-refractivity contribution in [1.82, 2.24) is 0 Å². The standard InChI is InChI=1S/C16H27OP/c1-7-13-12-14(18(17,8-2)9-3)10-11-15(13)16(4,5)6/h10-12H,7-9H2,1-6H3. The van der Waals surface area contributed by atoms with Crippen molar-refractivity contribution in [2.75, 3.05) is 12.3 Å². The molecule has 0 spiro atoms. The third kappa shape index (κ3) is 3.06. The van der Waals surface area contributed by atoms with Gasteiger partial charge in [0.15, 0.2) is 0 Å². The normalized spacial score (nSPS) is 12.8. The molecule has 0 aliphatic carbocycles. The van der Waals surface area contributed by atoms with Gasteiger partial charge in [-0.15, -0.1) is 0 Å². The molecule has 0 bridgehead atoms. The van der Waals surface area contributed by atoms with Crippen molar-refractivity contribution in [2.45, 2.75) is 53.4 Å². The summed E-state index contributed by atoms with van der Waals surface area (Å²) in [6, 6.07) is 6.47. The Morgan fingerprint density at radius 2 is 1.61 bits per heavy atom. The van der Waals surface area contributed by atoms with E-state index in [0.29, 0.717) is 0 Å². The van der Waals surface area contributed by atoms with Gasteiger partial charge < -0.3 is 4.57 Å². The van der Waals surface area contributed by atoms with E-state index in [9.17, 15) is 4.57 Å². The maximum Gasteiger partial charge on any atom is 0.115 e. The highest BCUT2D eigenvalue weighted by Crippen LogP contribution is 2.44. The Bertz CT molecular complexity index is 447. The van der Waals surface area contributed by atoms with Crippen LogP contribution in [0.1, 0.15) is 52.7 Å². The van der Waals surface area contributed by atoms with E-state index in [1.165, 1.54) is 11.1 Å². The van der Waals surface area contributed by atoms with Crippen molar-refractivity contribution in [3.8, 4) is 0 Å². The first-order valence-electron chi connectivity index (χ1n) is 7.00. The number of hydrogen-bond acceptors (Lipinski definition) is 1. The van der Waals surface area contributed by atoms with E-state index in [2.05, 4.69) is 45.9 Å². The van der Waals surface area contributed by atoms with Crippen LogP contribution >= 0.6 is 7.14 Å². The first-order valence-corrected chi connectivity index (χ1v) is 9.08. The van der Waals surface area contributed by atoms with Crippen LogP contribution in [0.4, 0.5) is 0 Å². The molecule has 0 saturated carbocycles. The van der Waals surface area contributed by atoms with Crippen LogP contribution < -0.4 is 5.30 Å². The third-order valence-electron chi connectivity index (χ3n) is 3.77. The maximum atomic E-state index is 12.8. The molecule has 0 aliphatic rings. The van der Waals surface area contributed by atoms with Crippen molar-refractivity contribution >= 4 is 12.4 Å². The average molecular weight is 266 g/mol. The van der Waals surface area contributed by atoms with Crippen LogP contribution in [-0.4, -0.2) is 12.3 Å². The molecule has 0 radical (unpaired) electrons. The highest BCUT2D eigenvalue weighted by molar-refractivity contribution is 7.71. The molecule has 1 aromatic rings.